The van der Waals surface area contributed by atoms with Crippen molar-refractivity contribution >= 4 is 50.8 Å². The average molecular weight is 784 g/mol. The number of halogens is 2. The Hall–Kier alpha value is -5.01. The number of nitrogens with one attached hydrogen (secondary N) is 1. The number of nitrogens with zero attached hydrogens (tertiary/aromatic N) is 8. The molecule has 2 aliphatic heterocycles. The van der Waals surface area contributed by atoms with Gasteiger partial charge in [-0.05, 0) is 76.5 Å². The number of pyridine rings is 1. The molecule has 14 heteroatoms. The second-order valence-electron chi connectivity index (χ2n) is 16.2. The number of carbonyl (C=O) groups is 1. The number of imidazole rings is 1. The molecule has 0 aliphatic carbocycles. The summed E-state index contributed by atoms with van der Waals surface area (Å²) >= 11 is 7.31. The molecule has 56 heavy (non-hydrogen) atoms. The number of benzene rings is 2. The second kappa shape index (κ2) is 14.8. The fraction of sp³-hybridized carbons (Fsp3) is 0.452. The highest BCUT2D eigenvalue weighted by molar-refractivity contribution is 6.35. The maximum Gasteiger partial charge on any atom is 0.326 e. The van der Waals surface area contributed by atoms with E-state index in [1.54, 1.807) is 19.2 Å². The first-order chi connectivity index (χ1) is 26.6. The summed E-state index contributed by atoms with van der Waals surface area (Å²) in [7, 11) is 5.66. The normalized spacial score (nSPS) is 17.1. The molecule has 1 saturated heterocycles. The summed E-state index contributed by atoms with van der Waals surface area (Å²) in [6.07, 6.45) is 3.61. The van der Waals surface area contributed by atoms with E-state index in [1.165, 1.54) is 21.5 Å². The molecule has 2 aromatic carbocycles. The molecule has 5 heterocycles. The van der Waals surface area contributed by atoms with Gasteiger partial charge in [-0.1, -0.05) is 51.9 Å². The Morgan fingerprint density at radius 1 is 1.04 bits per heavy atom. The van der Waals surface area contributed by atoms with E-state index in [4.69, 9.17) is 21.6 Å². The molecule has 3 aromatic heterocycles. The first-order valence-corrected chi connectivity index (χ1v) is 19.7. The Morgan fingerprint density at radius 3 is 2.34 bits per heavy atom. The molecule has 1 N–H and O–H groups in total. The van der Waals surface area contributed by atoms with Gasteiger partial charge >= 0.3 is 5.69 Å². The third kappa shape index (κ3) is 6.28. The first kappa shape index (κ1) is 39.2. The topological polar surface area (TPSA) is 116 Å². The van der Waals surface area contributed by atoms with Crippen LogP contribution >= 0.6 is 11.6 Å². The van der Waals surface area contributed by atoms with Crippen LogP contribution < -0.4 is 21.0 Å². The molecule has 0 radical (unpaired) electrons. The van der Waals surface area contributed by atoms with Gasteiger partial charge in [-0.3, -0.25) is 18.7 Å². The van der Waals surface area contributed by atoms with Crippen LogP contribution in [0, 0.1) is 12.7 Å². The molecule has 1 amide bonds. The number of amides is 1. The lowest BCUT2D eigenvalue weighted by atomic mass is 9.93. The number of hydrogen-bond donors (Lipinski definition) is 1. The van der Waals surface area contributed by atoms with Crippen molar-refractivity contribution in [1.29, 1.82) is 0 Å². The van der Waals surface area contributed by atoms with Gasteiger partial charge in [0, 0.05) is 55.8 Å². The highest BCUT2D eigenvalue weighted by atomic mass is 35.5. The molecule has 5 aromatic rings. The molecule has 12 nitrogen and oxygen atoms in total. The highest BCUT2D eigenvalue weighted by Crippen LogP contribution is 2.47. The number of hydrogen-bond acceptors (Lipinski definition) is 8. The van der Waals surface area contributed by atoms with E-state index in [2.05, 4.69) is 26.3 Å². The Kier molecular flexibility index (Phi) is 10.4. The summed E-state index contributed by atoms with van der Waals surface area (Å²) in [4.78, 5) is 62.3. The fourth-order valence-corrected chi connectivity index (χ4v) is 9.01. The molecular formula is C42H51ClFN9O3. The van der Waals surface area contributed by atoms with Gasteiger partial charge in [0.15, 0.2) is 5.82 Å². The third-order valence-electron chi connectivity index (χ3n) is 11.4. The molecule has 2 atom stereocenters. The molecule has 296 valence electrons. The number of rotatable bonds is 9. The van der Waals surface area contributed by atoms with Crippen LogP contribution in [0.15, 0.2) is 46.8 Å². The molecule has 2 unspecified atom stereocenters. The number of H-pyrrole nitrogens is 1. The molecule has 0 saturated carbocycles. The molecule has 2 aliphatic rings. The molecule has 0 bridgehead atoms. The largest absolute Gasteiger partial charge is 0.363 e. The number of aromatic amines is 1. The van der Waals surface area contributed by atoms with Crippen LogP contribution in [0.1, 0.15) is 69.8 Å². The summed E-state index contributed by atoms with van der Waals surface area (Å²) in [5.74, 6) is -1.13. The van der Waals surface area contributed by atoms with Gasteiger partial charge in [-0.2, -0.15) is 0 Å². The number of carbonyl (C=O) groups excluding carboxylic acids is 1. The Labute approximate surface area is 331 Å². The predicted molar refractivity (Wildman–Crippen MR) is 223 cm³/mol. The van der Waals surface area contributed by atoms with Gasteiger partial charge < -0.3 is 24.6 Å². The molecule has 7 rings (SSSR count). The van der Waals surface area contributed by atoms with Gasteiger partial charge in [0.25, 0.3) is 5.56 Å². The summed E-state index contributed by atoms with van der Waals surface area (Å²) in [5.41, 5.74) is 4.33. The maximum absolute atomic E-state index is 18.4. The van der Waals surface area contributed by atoms with E-state index in [0.717, 1.165) is 13.0 Å². The van der Waals surface area contributed by atoms with Crippen molar-refractivity contribution in [3.63, 3.8) is 0 Å². The summed E-state index contributed by atoms with van der Waals surface area (Å²) < 4.78 is 21.4. The van der Waals surface area contributed by atoms with E-state index >= 15 is 9.18 Å². The zero-order chi connectivity index (χ0) is 40.5. The van der Waals surface area contributed by atoms with Crippen molar-refractivity contribution in [3.8, 4) is 16.8 Å². The Morgan fingerprint density at radius 2 is 1.71 bits per heavy atom. The fourth-order valence-electron chi connectivity index (χ4n) is 8.72. The third-order valence-corrected chi connectivity index (χ3v) is 11.7. The van der Waals surface area contributed by atoms with Crippen molar-refractivity contribution < 1.29 is 9.18 Å². The van der Waals surface area contributed by atoms with Crippen molar-refractivity contribution in [2.24, 2.45) is 7.05 Å². The highest BCUT2D eigenvalue weighted by Gasteiger charge is 2.43. The monoisotopic (exact) mass is 783 g/mol. The van der Waals surface area contributed by atoms with Crippen LogP contribution in [0.2, 0.25) is 5.02 Å². The van der Waals surface area contributed by atoms with Crippen molar-refractivity contribution in [2.45, 2.75) is 71.9 Å². The molecular weight excluding hydrogens is 733 g/mol. The lowest BCUT2D eigenvalue weighted by Gasteiger charge is -2.52. The van der Waals surface area contributed by atoms with Gasteiger partial charge in [-0.25, -0.2) is 19.2 Å². The summed E-state index contributed by atoms with van der Waals surface area (Å²) in [6, 6.07) is 4.97. The van der Waals surface area contributed by atoms with E-state index < -0.39 is 5.82 Å². The van der Waals surface area contributed by atoms with Gasteiger partial charge in [0.05, 0.1) is 50.4 Å². The number of aryl methyl sites for hydroxylation is 2. The number of fused-ring (bicyclic) bond motifs is 6. The van der Waals surface area contributed by atoms with E-state index in [1.807, 2.05) is 66.6 Å². The van der Waals surface area contributed by atoms with Crippen LogP contribution in [-0.4, -0.2) is 98.7 Å². The quantitative estimate of drug-likeness (QED) is 0.173. The van der Waals surface area contributed by atoms with Gasteiger partial charge in [0.1, 0.15) is 12.0 Å². The Balaban J connectivity index is 1.66. The predicted octanol–water partition coefficient (Wildman–Crippen LogP) is 6.34. The van der Waals surface area contributed by atoms with Crippen LogP contribution in [0.3, 0.4) is 0 Å². The standard InChI is InChI=1S/C42H51ClFN9O3/c1-11-30(54)51-20-26-19-50(16-12-15-48(8)9)40-37(52(26)18-25(51)7)27-17-28(43)32(31-24(6)13-14-29-38(31)49(10)42(56)47-29)33(44)36(27)53(41(40)55)39-34(22(2)3)45-21-46-35(39)23(4)5/h11,13-14,17,21-23,25-26H,1,12,15-16,18-20H2,2-10H3,(H,47,56). The number of aromatic nitrogens is 5. The number of piperazine rings is 1. The minimum absolute atomic E-state index is 0.0508. The molecule has 1 fully saturated rings. The van der Waals surface area contributed by atoms with Crippen LogP contribution in [0.25, 0.3) is 38.8 Å². The van der Waals surface area contributed by atoms with E-state index in [0.29, 0.717) is 82.2 Å². The van der Waals surface area contributed by atoms with Crippen molar-refractivity contribution in [1.82, 2.24) is 33.9 Å². The average Bonchev–Trinajstić information content (AvgIpc) is 3.44. The van der Waals surface area contributed by atoms with E-state index in [-0.39, 0.29) is 57.2 Å². The lowest BCUT2D eigenvalue weighted by Crippen LogP contribution is -2.64. The van der Waals surface area contributed by atoms with E-state index in [9.17, 15) is 9.59 Å². The van der Waals surface area contributed by atoms with Crippen molar-refractivity contribution in [3.05, 3.63) is 85.8 Å². The van der Waals surface area contributed by atoms with Gasteiger partial charge in [-0.15, -0.1) is 0 Å². The summed E-state index contributed by atoms with van der Waals surface area (Å²) in [6.45, 7) is 18.2. The van der Waals surface area contributed by atoms with Gasteiger partial charge in [0.2, 0.25) is 5.91 Å². The maximum atomic E-state index is 18.4. The second-order valence-corrected chi connectivity index (χ2v) is 16.6. The summed E-state index contributed by atoms with van der Waals surface area (Å²) in [5, 5.41) is 0.601. The van der Waals surface area contributed by atoms with Crippen molar-refractivity contribution in [2.75, 3.05) is 56.6 Å². The Bertz CT molecular complexity index is 2490. The zero-order valence-corrected chi connectivity index (χ0v) is 34.5. The molecule has 0 spiro atoms. The van der Waals surface area contributed by atoms with Crippen LogP contribution in [0.5, 0.6) is 0 Å². The smallest absolute Gasteiger partial charge is 0.326 e. The SMILES string of the molecule is C=CC(=O)N1CC2CN(CCCN(C)C)c3c(c4cc(Cl)c(-c5c(C)ccc6[nH]c(=O)n(C)c56)c(F)c4n(-c4c(C(C)C)ncnc4C(C)C)c3=O)N2CC1C. The van der Waals surface area contributed by atoms with Crippen LogP contribution in [0.4, 0.5) is 15.8 Å². The van der Waals surface area contributed by atoms with Crippen LogP contribution in [-0.2, 0) is 11.8 Å². The minimum Gasteiger partial charge on any atom is -0.363 e. The zero-order valence-electron chi connectivity index (χ0n) is 33.7. The first-order valence-electron chi connectivity index (χ1n) is 19.3. The number of anilines is 2. The lowest BCUT2D eigenvalue weighted by molar-refractivity contribution is -0.128. The minimum atomic E-state index is -0.695.